The smallest absolute Gasteiger partial charge is 0.472 e. The zero-order chi connectivity index (χ0) is 39.1. The van der Waals surface area contributed by atoms with Gasteiger partial charge >= 0.3 is 13.8 Å². The largest absolute Gasteiger partial charge is 0.498 e. The van der Waals surface area contributed by atoms with Crippen LogP contribution in [0, 0.1) is 0 Å². The zero-order valence-corrected chi connectivity index (χ0v) is 36.4. The predicted molar refractivity (Wildman–Crippen MR) is 224 cm³/mol. The Labute approximate surface area is 328 Å². The van der Waals surface area contributed by atoms with Crippen molar-refractivity contribution in [1.29, 1.82) is 0 Å². The molecule has 0 aliphatic rings. The molecule has 314 valence electrons. The van der Waals surface area contributed by atoms with Crippen LogP contribution >= 0.6 is 7.82 Å². The summed E-state index contributed by atoms with van der Waals surface area (Å²) in [4.78, 5) is 22.8. The number of hydrogen-bond donors (Lipinski definition) is 1. The van der Waals surface area contributed by atoms with Crippen LogP contribution in [-0.2, 0) is 27.9 Å². The Morgan fingerprint density at radius 1 is 0.585 bits per heavy atom. The average Bonchev–Trinajstić information content (AvgIpc) is 3.11. The van der Waals surface area contributed by atoms with Crippen LogP contribution in [0.1, 0.15) is 200 Å². The van der Waals surface area contributed by atoms with Gasteiger partial charge in [0.25, 0.3) is 0 Å². The number of likely N-dealkylation sites (N-methyl/N-ethyl adjacent to an activating group) is 1. The minimum absolute atomic E-state index is 0.0495. The zero-order valence-electron chi connectivity index (χ0n) is 35.5. The van der Waals surface area contributed by atoms with Gasteiger partial charge in [0.2, 0.25) is 0 Å². The van der Waals surface area contributed by atoms with Crippen molar-refractivity contribution in [2.45, 2.75) is 206 Å². The van der Waals surface area contributed by atoms with Crippen molar-refractivity contribution in [1.82, 2.24) is 0 Å². The molecule has 0 rings (SSSR count). The number of unbranched alkanes of at least 4 members (excludes halogenated alkanes) is 25. The second kappa shape index (κ2) is 37.7. The quantitative estimate of drug-likeness (QED) is 0.0165. The Balaban J connectivity index is 4.27. The van der Waals surface area contributed by atoms with Crippen molar-refractivity contribution in [2.24, 2.45) is 0 Å². The monoisotopic (exact) mass is 773 g/mol. The van der Waals surface area contributed by atoms with E-state index in [9.17, 15) is 14.3 Å². The number of ether oxygens (including phenoxy) is 2. The first-order valence-corrected chi connectivity index (χ1v) is 23.6. The molecule has 0 aromatic rings. The van der Waals surface area contributed by atoms with Crippen LogP contribution < -0.4 is 0 Å². The number of carbonyl (C=O) groups is 1. The van der Waals surface area contributed by atoms with Gasteiger partial charge in [0.15, 0.2) is 6.10 Å². The van der Waals surface area contributed by atoms with E-state index in [-0.39, 0.29) is 25.8 Å². The van der Waals surface area contributed by atoms with E-state index in [4.69, 9.17) is 18.5 Å². The lowest BCUT2D eigenvalue weighted by molar-refractivity contribution is -0.870. The highest BCUT2D eigenvalue weighted by Crippen LogP contribution is 2.43. The standard InChI is InChI=1S/C44H86NO7P/c1-6-8-10-12-14-16-18-20-22-24-26-28-30-32-34-36-39-49-41-43(42-51-53(47,48)50-40-38-45(3,4)5)52-44(46)37-35-33-31-29-27-25-23-21-19-17-15-13-11-9-7-2/h17,19,36,39,43H,6-16,18,20-35,37-38,40-42H2,1-5H3/p+1/b19-17-,39-36-/t43-/m1/s1. The van der Waals surface area contributed by atoms with E-state index in [2.05, 4.69) is 26.0 Å². The molecular formula is C44H87NO7P+. The van der Waals surface area contributed by atoms with Crippen molar-refractivity contribution in [2.75, 3.05) is 47.5 Å². The lowest BCUT2D eigenvalue weighted by atomic mass is 10.0. The van der Waals surface area contributed by atoms with E-state index >= 15 is 0 Å². The minimum atomic E-state index is -4.29. The highest BCUT2D eigenvalue weighted by atomic mass is 31.2. The topological polar surface area (TPSA) is 91.3 Å². The molecule has 0 fully saturated rings. The number of phosphoric ester groups is 1. The predicted octanol–water partition coefficient (Wildman–Crippen LogP) is 13.2. The van der Waals surface area contributed by atoms with Crippen LogP contribution in [-0.4, -0.2) is 69.0 Å². The number of nitrogens with zero attached hydrogens (tertiary/aromatic N) is 1. The molecule has 0 spiro atoms. The molecule has 0 amide bonds. The third-order valence-corrected chi connectivity index (χ3v) is 10.6. The molecule has 0 aromatic heterocycles. The number of allylic oxidation sites excluding steroid dienone is 3. The Bertz CT molecular complexity index is 905. The van der Waals surface area contributed by atoms with Gasteiger partial charge in [-0.05, 0) is 51.0 Å². The minimum Gasteiger partial charge on any atom is -0.498 e. The summed E-state index contributed by atoms with van der Waals surface area (Å²) < 4.78 is 34.7. The molecule has 8 nitrogen and oxygen atoms in total. The molecule has 1 N–H and O–H groups in total. The number of esters is 1. The van der Waals surface area contributed by atoms with Crippen LogP contribution in [0.4, 0.5) is 0 Å². The van der Waals surface area contributed by atoms with E-state index in [0.29, 0.717) is 17.4 Å². The summed E-state index contributed by atoms with van der Waals surface area (Å²) in [6, 6.07) is 0. The molecule has 53 heavy (non-hydrogen) atoms. The molecular weight excluding hydrogens is 685 g/mol. The molecule has 0 radical (unpaired) electrons. The maximum absolute atomic E-state index is 12.7. The number of carbonyl (C=O) groups excluding carboxylic acids is 1. The third kappa shape index (κ3) is 41.8. The fourth-order valence-electron chi connectivity index (χ4n) is 6.10. The molecule has 0 heterocycles. The van der Waals surface area contributed by atoms with Crippen molar-refractivity contribution in [3.05, 3.63) is 24.5 Å². The maximum atomic E-state index is 12.7. The van der Waals surface area contributed by atoms with Gasteiger partial charge in [0, 0.05) is 6.42 Å². The maximum Gasteiger partial charge on any atom is 0.472 e. The first kappa shape index (κ1) is 51.8. The highest BCUT2D eigenvalue weighted by molar-refractivity contribution is 7.47. The summed E-state index contributed by atoms with van der Waals surface area (Å²) in [5.41, 5.74) is 0. The number of quaternary nitrogens is 1. The fourth-order valence-corrected chi connectivity index (χ4v) is 6.84. The SMILES string of the molecule is CCCCCC/C=C\CCCCCCCCCC(=O)O[C@H](CO/C=C\CCCCCCCCCCCCCCCC)COP(=O)(O)OCC[N+](C)(C)C. The summed E-state index contributed by atoms with van der Waals surface area (Å²) in [6.07, 6.45) is 43.0. The number of hydrogen-bond acceptors (Lipinski definition) is 6. The molecule has 1 unspecified atom stereocenters. The number of phosphoric acid groups is 1. The van der Waals surface area contributed by atoms with Crippen molar-refractivity contribution in [3.8, 4) is 0 Å². The van der Waals surface area contributed by atoms with Crippen molar-refractivity contribution in [3.63, 3.8) is 0 Å². The summed E-state index contributed by atoms with van der Waals surface area (Å²) in [7, 11) is 1.64. The molecule has 0 aliphatic heterocycles. The summed E-state index contributed by atoms with van der Waals surface area (Å²) in [6.45, 7) is 4.93. The molecule has 0 saturated heterocycles. The van der Waals surface area contributed by atoms with Crippen molar-refractivity contribution >= 4 is 13.8 Å². The van der Waals surface area contributed by atoms with Gasteiger partial charge in [0.1, 0.15) is 19.8 Å². The lowest BCUT2D eigenvalue weighted by Crippen LogP contribution is -2.37. The van der Waals surface area contributed by atoms with Gasteiger partial charge < -0.3 is 18.9 Å². The fraction of sp³-hybridized carbons (Fsp3) is 0.886. The van der Waals surface area contributed by atoms with E-state index in [1.165, 1.54) is 148 Å². The molecule has 0 aromatic carbocycles. The second-order valence-electron chi connectivity index (χ2n) is 16.1. The Hall–Kier alpha value is -1.18. The molecule has 2 atom stereocenters. The normalized spacial score (nSPS) is 13.9. The number of rotatable bonds is 41. The van der Waals surface area contributed by atoms with E-state index in [1.54, 1.807) is 6.26 Å². The van der Waals surface area contributed by atoms with E-state index < -0.39 is 13.9 Å². The van der Waals surface area contributed by atoms with Crippen LogP contribution in [0.25, 0.3) is 0 Å². The van der Waals surface area contributed by atoms with Crippen LogP contribution in [0.5, 0.6) is 0 Å². The van der Waals surface area contributed by atoms with Gasteiger partial charge in [-0.1, -0.05) is 161 Å². The van der Waals surface area contributed by atoms with Gasteiger partial charge in [-0.15, -0.1) is 0 Å². The molecule has 0 bridgehead atoms. The Kier molecular flexibility index (Phi) is 36.9. The van der Waals surface area contributed by atoms with Crippen LogP contribution in [0.3, 0.4) is 0 Å². The first-order chi connectivity index (χ1) is 25.6. The van der Waals surface area contributed by atoms with Crippen molar-refractivity contribution < 1.29 is 37.3 Å². The van der Waals surface area contributed by atoms with Crippen LogP contribution in [0.15, 0.2) is 24.5 Å². The van der Waals surface area contributed by atoms with E-state index in [1.807, 2.05) is 27.2 Å². The third-order valence-electron chi connectivity index (χ3n) is 9.58. The van der Waals surface area contributed by atoms with E-state index in [0.717, 1.165) is 32.1 Å². The van der Waals surface area contributed by atoms with Gasteiger partial charge in [-0.3, -0.25) is 13.8 Å². The van der Waals surface area contributed by atoms with Gasteiger partial charge in [-0.2, -0.15) is 0 Å². The Morgan fingerprint density at radius 3 is 1.47 bits per heavy atom. The lowest BCUT2D eigenvalue weighted by Gasteiger charge is -2.24. The Morgan fingerprint density at radius 2 is 1.00 bits per heavy atom. The summed E-state index contributed by atoms with van der Waals surface area (Å²) in [5, 5.41) is 0. The summed E-state index contributed by atoms with van der Waals surface area (Å²) in [5.74, 6) is -0.339. The van der Waals surface area contributed by atoms with Gasteiger partial charge in [-0.25, -0.2) is 4.57 Å². The molecule has 0 aliphatic carbocycles. The second-order valence-corrected chi connectivity index (χ2v) is 17.6. The van der Waals surface area contributed by atoms with Gasteiger partial charge in [0.05, 0.1) is 34.0 Å². The molecule has 0 saturated carbocycles. The summed E-state index contributed by atoms with van der Waals surface area (Å²) >= 11 is 0. The molecule has 9 heteroatoms. The average molecular weight is 773 g/mol. The van der Waals surface area contributed by atoms with Crippen LogP contribution in [0.2, 0.25) is 0 Å². The highest BCUT2D eigenvalue weighted by Gasteiger charge is 2.26. The first-order valence-electron chi connectivity index (χ1n) is 22.1.